The van der Waals surface area contributed by atoms with Crippen LogP contribution in [-0.4, -0.2) is 35.8 Å². The first-order valence-corrected chi connectivity index (χ1v) is 5.89. The van der Waals surface area contributed by atoms with Crippen LogP contribution in [0.2, 0.25) is 0 Å². The molecule has 0 aliphatic carbocycles. The van der Waals surface area contributed by atoms with Crippen LogP contribution in [0.4, 0.5) is 0 Å². The lowest BCUT2D eigenvalue weighted by molar-refractivity contribution is 0.0940. The lowest BCUT2D eigenvalue weighted by Gasteiger charge is -2.01. The van der Waals surface area contributed by atoms with Crippen molar-refractivity contribution in [2.45, 2.75) is 6.92 Å². The number of ether oxygens (including phenoxy) is 1. The van der Waals surface area contributed by atoms with Crippen molar-refractivity contribution >= 4 is 16.8 Å². The largest absolute Gasteiger partial charge is 0.494 e. The van der Waals surface area contributed by atoms with Gasteiger partial charge in [0.1, 0.15) is 11.4 Å². The maximum absolute atomic E-state index is 11.7. The molecule has 0 saturated heterocycles. The second-order valence-corrected chi connectivity index (χ2v) is 3.84. The lowest BCUT2D eigenvalue weighted by Crippen LogP contribution is -2.26. The van der Waals surface area contributed by atoms with Gasteiger partial charge in [-0.3, -0.25) is 4.79 Å². The van der Waals surface area contributed by atoms with E-state index in [2.05, 4.69) is 10.3 Å². The third-order valence-corrected chi connectivity index (χ3v) is 2.55. The number of benzene rings is 1. The van der Waals surface area contributed by atoms with E-state index >= 15 is 0 Å². The maximum atomic E-state index is 11.7. The normalized spacial score (nSPS) is 10.6. The molecule has 3 N–H and O–H groups in total. The summed E-state index contributed by atoms with van der Waals surface area (Å²) in [6.07, 6.45) is 0. The number of aliphatic hydroxyl groups excluding tert-OH is 1. The minimum Gasteiger partial charge on any atom is -0.494 e. The van der Waals surface area contributed by atoms with Gasteiger partial charge in [-0.1, -0.05) is 0 Å². The number of aromatic nitrogens is 1. The molecule has 0 fully saturated rings. The van der Waals surface area contributed by atoms with Crippen molar-refractivity contribution < 1.29 is 14.6 Å². The summed E-state index contributed by atoms with van der Waals surface area (Å²) in [4.78, 5) is 14.7. The van der Waals surface area contributed by atoms with Gasteiger partial charge in [0.05, 0.1) is 13.2 Å². The Labute approximate surface area is 105 Å². The van der Waals surface area contributed by atoms with Gasteiger partial charge in [-0.2, -0.15) is 0 Å². The van der Waals surface area contributed by atoms with Gasteiger partial charge in [-0.05, 0) is 25.1 Å². The minimum atomic E-state index is -0.224. The second-order valence-electron chi connectivity index (χ2n) is 3.84. The maximum Gasteiger partial charge on any atom is 0.267 e. The van der Waals surface area contributed by atoms with Crippen molar-refractivity contribution in [1.29, 1.82) is 0 Å². The van der Waals surface area contributed by atoms with Crippen molar-refractivity contribution in [3.8, 4) is 5.75 Å². The fourth-order valence-electron chi connectivity index (χ4n) is 1.75. The highest BCUT2D eigenvalue weighted by Crippen LogP contribution is 2.21. The van der Waals surface area contributed by atoms with Gasteiger partial charge in [0.25, 0.3) is 5.91 Å². The number of fused-ring (bicyclic) bond motifs is 1. The molecule has 2 aromatic rings. The van der Waals surface area contributed by atoms with E-state index in [-0.39, 0.29) is 19.1 Å². The number of carbonyl (C=O) groups excluding carboxylic acids is 1. The number of hydrogen-bond acceptors (Lipinski definition) is 3. The summed E-state index contributed by atoms with van der Waals surface area (Å²) in [6.45, 7) is 2.71. The summed E-state index contributed by atoms with van der Waals surface area (Å²) in [5, 5.41) is 12.2. The van der Waals surface area contributed by atoms with Gasteiger partial charge in [0.2, 0.25) is 0 Å². The predicted octanol–water partition coefficient (Wildman–Crippen LogP) is 1.29. The number of aliphatic hydroxyl groups is 1. The van der Waals surface area contributed by atoms with E-state index in [1.54, 1.807) is 6.07 Å². The zero-order chi connectivity index (χ0) is 13.0. The van der Waals surface area contributed by atoms with Crippen LogP contribution in [0.5, 0.6) is 5.75 Å². The molecule has 0 atom stereocenters. The van der Waals surface area contributed by atoms with E-state index in [0.29, 0.717) is 12.3 Å². The molecule has 5 heteroatoms. The van der Waals surface area contributed by atoms with E-state index in [9.17, 15) is 4.79 Å². The Bertz CT molecular complexity index is 548. The highest BCUT2D eigenvalue weighted by atomic mass is 16.5. The molecule has 5 nitrogen and oxygen atoms in total. The van der Waals surface area contributed by atoms with Crippen LogP contribution in [-0.2, 0) is 0 Å². The Kier molecular flexibility index (Phi) is 3.84. The van der Waals surface area contributed by atoms with Gasteiger partial charge in [0.15, 0.2) is 0 Å². The predicted molar refractivity (Wildman–Crippen MR) is 68.9 cm³/mol. The fraction of sp³-hybridized carbons (Fsp3) is 0.308. The van der Waals surface area contributed by atoms with Crippen molar-refractivity contribution in [3.05, 3.63) is 30.0 Å². The third-order valence-electron chi connectivity index (χ3n) is 2.55. The smallest absolute Gasteiger partial charge is 0.267 e. The summed E-state index contributed by atoms with van der Waals surface area (Å²) >= 11 is 0. The number of carbonyl (C=O) groups is 1. The average Bonchev–Trinajstić information content (AvgIpc) is 2.79. The van der Waals surface area contributed by atoms with E-state index in [0.717, 1.165) is 16.7 Å². The van der Waals surface area contributed by atoms with Crippen molar-refractivity contribution in [2.75, 3.05) is 19.8 Å². The zero-order valence-electron chi connectivity index (χ0n) is 10.2. The first kappa shape index (κ1) is 12.4. The summed E-state index contributed by atoms with van der Waals surface area (Å²) in [5.74, 6) is 0.548. The molecule has 0 saturated carbocycles. The summed E-state index contributed by atoms with van der Waals surface area (Å²) in [5.41, 5.74) is 1.34. The highest BCUT2D eigenvalue weighted by molar-refractivity contribution is 5.98. The van der Waals surface area contributed by atoms with Crippen LogP contribution in [0.1, 0.15) is 17.4 Å². The average molecular weight is 248 g/mol. The van der Waals surface area contributed by atoms with Gasteiger partial charge >= 0.3 is 0 Å². The molecule has 0 spiro atoms. The zero-order valence-corrected chi connectivity index (χ0v) is 10.2. The van der Waals surface area contributed by atoms with Crippen molar-refractivity contribution in [1.82, 2.24) is 10.3 Å². The molecule has 0 bridgehead atoms. The molecule has 96 valence electrons. The standard InChI is InChI=1S/C13H16N2O3/c1-2-18-10-4-3-9-7-12(15-11(9)8-10)13(17)14-5-6-16/h3-4,7-8,15-16H,2,5-6H2,1H3,(H,14,17). The van der Waals surface area contributed by atoms with Gasteiger partial charge < -0.3 is 20.1 Å². The number of aromatic amines is 1. The third kappa shape index (κ3) is 2.62. The molecule has 0 aliphatic rings. The fourth-order valence-corrected chi connectivity index (χ4v) is 1.75. The number of rotatable bonds is 5. The van der Waals surface area contributed by atoms with Crippen molar-refractivity contribution in [3.63, 3.8) is 0 Å². The van der Waals surface area contributed by atoms with Gasteiger partial charge in [0, 0.05) is 23.5 Å². The van der Waals surface area contributed by atoms with Crippen molar-refractivity contribution in [2.24, 2.45) is 0 Å². The first-order chi connectivity index (χ1) is 8.74. The molecule has 0 aliphatic heterocycles. The van der Waals surface area contributed by atoms with Crippen LogP contribution in [0, 0.1) is 0 Å². The molecule has 18 heavy (non-hydrogen) atoms. The summed E-state index contributed by atoms with van der Waals surface area (Å²) in [7, 11) is 0. The Morgan fingerprint density at radius 3 is 3.00 bits per heavy atom. The Balaban J connectivity index is 2.23. The quantitative estimate of drug-likeness (QED) is 0.746. The number of hydrogen-bond donors (Lipinski definition) is 3. The van der Waals surface area contributed by atoms with E-state index in [1.807, 2.05) is 25.1 Å². The van der Waals surface area contributed by atoms with Crippen LogP contribution in [0.15, 0.2) is 24.3 Å². The Morgan fingerprint density at radius 1 is 1.44 bits per heavy atom. The Hall–Kier alpha value is -2.01. The topological polar surface area (TPSA) is 74.3 Å². The SMILES string of the molecule is CCOc1ccc2cc(C(=O)NCCO)[nH]c2c1. The summed E-state index contributed by atoms with van der Waals surface area (Å²) in [6, 6.07) is 7.41. The van der Waals surface area contributed by atoms with Crippen LogP contribution < -0.4 is 10.1 Å². The van der Waals surface area contributed by atoms with Crippen LogP contribution >= 0.6 is 0 Å². The Morgan fingerprint density at radius 2 is 2.28 bits per heavy atom. The molecule has 1 heterocycles. The number of H-pyrrole nitrogens is 1. The number of amides is 1. The molecule has 1 amide bonds. The van der Waals surface area contributed by atoms with E-state index in [4.69, 9.17) is 9.84 Å². The molecule has 2 rings (SSSR count). The molecular formula is C13H16N2O3. The lowest BCUT2D eigenvalue weighted by atomic mass is 10.2. The molecule has 1 aromatic heterocycles. The van der Waals surface area contributed by atoms with Crippen LogP contribution in [0.3, 0.4) is 0 Å². The molecule has 1 aromatic carbocycles. The van der Waals surface area contributed by atoms with Crippen LogP contribution in [0.25, 0.3) is 10.9 Å². The molecule has 0 radical (unpaired) electrons. The van der Waals surface area contributed by atoms with Gasteiger partial charge in [-0.25, -0.2) is 0 Å². The summed E-state index contributed by atoms with van der Waals surface area (Å²) < 4.78 is 5.39. The van der Waals surface area contributed by atoms with E-state index < -0.39 is 0 Å². The molecule has 0 unspecified atom stereocenters. The van der Waals surface area contributed by atoms with Gasteiger partial charge in [-0.15, -0.1) is 0 Å². The second kappa shape index (κ2) is 5.55. The first-order valence-electron chi connectivity index (χ1n) is 5.89. The minimum absolute atomic E-state index is 0.0690. The van der Waals surface area contributed by atoms with E-state index in [1.165, 1.54) is 0 Å². The molecular weight excluding hydrogens is 232 g/mol. The highest BCUT2D eigenvalue weighted by Gasteiger charge is 2.09. The monoisotopic (exact) mass is 248 g/mol. The number of nitrogens with one attached hydrogen (secondary N) is 2.